The van der Waals surface area contributed by atoms with Gasteiger partial charge in [0.2, 0.25) is 0 Å². The molecule has 0 saturated carbocycles. The van der Waals surface area contributed by atoms with Crippen molar-refractivity contribution >= 4 is 37.5 Å². The fraction of sp³-hybridized carbons (Fsp3) is 0.133. The van der Waals surface area contributed by atoms with Gasteiger partial charge in [-0.2, -0.15) is 0 Å². The quantitative estimate of drug-likeness (QED) is 0.590. The number of nitrogens with zero attached hydrogens (tertiary/aromatic N) is 1. The Kier molecular flexibility index (Phi) is 2.96. The van der Waals surface area contributed by atoms with Crippen molar-refractivity contribution in [3.8, 4) is 10.6 Å². The molecule has 0 fully saturated rings. The van der Waals surface area contributed by atoms with Crippen LogP contribution in [0.3, 0.4) is 0 Å². The molecule has 1 heterocycles. The van der Waals surface area contributed by atoms with Gasteiger partial charge in [0, 0.05) is 10.0 Å². The minimum atomic E-state index is 1.09. The van der Waals surface area contributed by atoms with Crippen molar-refractivity contribution < 1.29 is 0 Å². The molecule has 1 nitrogen and oxygen atoms in total. The Morgan fingerprint density at radius 3 is 2.50 bits per heavy atom. The van der Waals surface area contributed by atoms with Crippen LogP contribution in [0, 0.1) is 13.8 Å². The van der Waals surface area contributed by atoms with Crippen molar-refractivity contribution in [2.45, 2.75) is 13.8 Å². The maximum atomic E-state index is 4.76. The highest BCUT2D eigenvalue weighted by Gasteiger charge is 2.08. The predicted molar refractivity (Wildman–Crippen MR) is 82.2 cm³/mol. The van der Waals surface area contributed by atoms with E-state index in [9.17, 15) is 0 Å². The third-order valence-corrected chi connectivity index (χ3v) is 4.50. The average molecular weight is 318 g/mol. The van der Waals surface area contributed by atoms with Crippen molar-refractivity contribution in [2.24, 2.45) is 0 Å². The molecule has 0 N–H and O–H groups in total. The van der Waals surface area contributed by atoms with Gasteiger partial charge in [-0.1, -0.05) is 34.1 Å². The first-order valence-electron chi connectivity index (χ1n) is 5.77. The van der Waals surface area contributed by atoms with Crippen molar-refractivity contribution in [1.82, 2.24) is 4.98 Å². The molecule has 0 radical (unpaired) electrons. The summed E-state index contributed by atoms with van der Waals surface area (Å²) in [7, 11) is 0. The van der Waals surface area contributed by atoms with Gasteiger partial charge in [-0.25, -0.2) is 4.98 Å². The van der Waals surface area contributed by atoms with Gasteiger partial charge >= 0.3 is 0 Å². The highest BCUT2D eigenvalue weighted by molar-refractivity contribution is 9.10. The number of aromatic nitrogens is 1. The smallest absolute Gasteiger partial charge is 0.124 e. The molecule has 0 aliphatic rings. The Hall–Kier alpha value is -1.19. The highest BCUT2D eigenvalue weighted by atomic mass is 79.9. The Morgan fingerprint density at radius 2 is 1.78 bits per heavy atom. The Morgan fingerprint density at radius 1 is 1.06 bits per heavy atom. The van der Waals surface area contributed by atoms with Gasteiger partial charge in [-0.15, -0.1) is 11.3 Å². The lowest BCUT2D eigenvalue weighted by Crippen LogP contribution is -1.79. The van der Waals surface area contributed by atoms with Gasteiger partial charge in [0.25, 0.3) is 0 Å². The van der Waals surface area contributed by atoms with Crippen LogP contribution in [0.25, 0.3) is 20.8 Å². The first-order chi connectivity index (χ1) is 8.63. The standard InChI is InChI=1S/C15H12BrNS/c1-9-7-10(2)14-13(8-9)18-15(17-14)11-3-5-12(16)6-4-11/h3-8H,1-2H3. The molecule has 90 valence electrons. The molecule has 3 rings (SSSR count). The molecule has 2 aromatic carbocycles. The summed E-state index contributed by atoms with van der Waals surface area (Å²) in [5.74, 6) is 0. The largest absolute Gasteiger partial charge is 0.236 e. The van der Waals surface area contributed by atoms with Gasteiger partial charge in [0.15, 0.2) is 0 Å². The molecule has 0 unspecified atom stereocenters. The van der Waals surface area contributed by atoms with Crippen LogP contribution in [-0.2, 0) is 0 Å². The number of thiazole rings is 1. The van der Waals surface area contributed by atoms with Crippen LogP contribution in [0.4, 0.5) is 0 Å². The molecule has 18 heavy (non-hydrogen) atoms. The molecular formula is C15H12BrNS. The minimum Gasteiger partial charge on any atom is -0.236 e. The van der Waals surface area contributed by atoms with Crippen molar-refractivity contribution in [2.75, 3.05) is 0 Å². The average Bonchev–Trinajstić information content (AvgIpc) is 2.74. The second kappa shape index (κ2) is 4.48. The first kappa shape index (κ1) is 11.9. The van der Waals surface area contributed by atoms with E-state index in [-0.39, 0.29) is 0 Å². The molecule has 0 saturated heterocycles. The van der Waals surface area contributed by atoms with Crippen LogP contribution in [-0.4, -0.2) is 4.98 Å². The van der Waals surface area contributed by atoms with Crippen LogP contribution in [0.15, 0.2) is 40.9 Å². The molecule has 1 aromatic heterocycles. The van der Waals surface area contributed by atoms with E-state index < -0.39 is 0 Å². The van der Waals surface area contributed by atoms with Crippen LogP contribution < -0.4 is 0 Å². The summed E-state index contributed by atoms with van der Waals surface area (Å²) in [6.45, 7) is 4.26. The van der Waals surface area contributed by atoms with Gasteiger partial charge in [0.05, 0.1) is 10.2 Å². The van der Waals surface area contributed by atoms with Crippen LogP contribution in [0.1, 0.15) is 11.1 Å². The van der Waals surface area contributed by atoms with E-state index in [0.29, 0.717) is 0 Å². The Balaban J connectivity index is 2.19. The molecule has 0 aliphatic heterocycles. The zero-order valence-electron chi connectivity index (χ0n) is 10.2. The van der Waals surface area contributed by atoms with Crippen molar-refractivity contribution in [3.05, 3.63) is 52.0 Å². The molecule has 0 amide bonds. The van der Waals surface area contributed by atoms with Crippen molar-refractivity contribution in [3.63, 3.8) is 0 Å². The number of hydrogen-bond donors (Lipinski definition) is 0. The van der Waals surface area contributed by atoms with E-state index in [1.54, 1.807) is 11.3 Å². The van der Waals surface area contributed by atoms with Crippen LogP contribution in [0.2, 0.25) is 0 Å². The van der Waals surface area contributed by atoms with Gasteiger partial charge < -0.3 is 0 Å². The lowest BCUT2D eigenvalue weighted by molar-refractivity contribution is 1.38. The van der Waals surface area contributed by atoms with Crippen molar-refractivity contribution in [1.29, 1.82) is 0 Å². The maximum Gasteiger partial charge on any atom is 0.124 e. The fourth-order valence-corrected chi connectivity index (χ4v) is 3.50. The number of halogens is 1. The van der Waals surface area contributed by atoms with Crippen LogP contribution in [0.5, 0.6) is 0 Å². The first-order valence-corrected chi connectivity index (χ1v) is 7.38. The number of benzene rings is 2. The van der Waals surface area contributed by atoms with E-state index in [0.717, 1.165) is 15.0 Å². The third kappa shape index (κ3) is 2.08. The van der Waals surface area contributed by atoms with Gasteiger partial charge in [-0.05, 0) is 43.2 Å². The molecule has 3 heteroatoms. The zero-order chi connectivity index (χ0) is 12.7. The molecule has 0 atom stereocenters. The lowest BCUT2D eigenvalue weighted by atomic mass is 10.1. The monoisotopic (exact) mass is 317 g/mol. The van der Waals surface area contributed by atoms with Gasteiger partial charge in [-0.3, -0.25) is 0 Å². The van der Waals surface area contributed by atoms with E-state index in [2.05, 4.69) is 66.2 Å². The molecular weight excluding hydrogens is 306 g/mol. The molecule has 0 spiro atoms. The van der Waals surface area contributed by atoms with E-state index in [4.69, 9.17) is 4.98 Å². The summed E-state index contributed by atoms with van der Waals surface area (Å²) in [6, 6.07) is 12.7. The number of aryl methyl sites for hydroxylation is 2. The third-order valence-electron chi connectivity index (χ3n) is 2.92. The van der Waals surface area contributed by atoms with Crippen LogP contribution >= 0.6 is 27.3 Å². The summed E-state index contributed by atoms with van der Waals surface area (Å²) in [6.07, 6.45) is 0. The topological polar surface area (TPSA) is 12.9 Å². The SMILES string of the molecule is Cc1cc(C)c2nc(-c3ccc(Br)cc3)sc2c1. The second-order valence-electron chi connectivity index (χ2n) is 4.45. The van der Waals surface area contributed by atoms with E-state index in [1.165, 1.54) is 21.4 Å². The van der Waals surface area contributed by atoms with E-state index >= 15 is 0 Å². The fourth-order valence-electron chi connectivity index (χ4n) is 2.09. The summed E-state index contributed by atoms with van der Waals surface area (Å²) >= 11 is 5.21. The Bertz CT molecular complexity index is 713. The normalized spacial score (nSPS) is 11.1. The summed E-state index contributed by atoms with van der Waals surface area (Å²) in [5, 5.41) is 1.09. The Labute approximate surface area is 119 Å². The molecule has 0 aliphatic carbocycles. The lowest BCUT2D eigenvalue weighted by Gasteiger charge is -1.96. The summed E-state index contributed by atoms with van der Waals surface area (Å²) in [5.41, 5.74) is 4.86. The number of rotatable bonds is 1. The maximum absolute atomic E-state index is 4.76. The zero-order valence-corrected chi connectivity index (χ0v) is 12.6. The second-order valence-corrected chi connectivity index (χ2v) is 6.40. The molecule has 0 bridgehead atoms. The summed E-state index contributed by atoms with van der Waals surface area (Å²) in [4.78, 5) is 4.76. The van der Waals surface area contributed by atoms with Gasteiger partial charge in [0.1, 0.15) is 5.01 Å². The number of hydrogen-bond acceptors (Lipinski definition) is 2. The van der Waals surface area contributed by atoms with E-state index in [1.807, 2.05) is 0 Å². The number of fused-ring (bicyclic) bond motifs is 1. The minimum absolute atomic E-state index is 1.09. The summed E-state index contributed by atoms with van der Waals surface area (Å²) < 4.78 is 2.37. The predicted octanol–water partition coefficient (Wildman–Crippen LogP) is 5.34. The highest BCUT2D eigenvalue weighted by Crippen LogP contribution is 2.32. The molecule has 3 aromatic rings.